The van der Waals surface area contributed by atoms with Gasteiger partial charge in [-0.25, -0.2) is 0 Å². The molecule has 2 rings (SSSR count). The number of nitrogens with zero attached hydrogens (tertiary/aromatic N) is 2. The second kappa shape index (κ2) is 5.43. The number of hydrogen-bond donors (Lipinski definition) is 1. The Balaban J connectivity index is 2.27. The number of benzene rings is 1. The van der Waals surface area contributed by atoms with E-state index in [4.69, 9.17) is 9.47 Å². The van der Waals surface area contributed by atoms with Gasteiger partial charge in [0.1, 0.15) is 17.2 Å². The number of amides is 1. The molecule has 100 valence electrons. The Kier molecular flexibility index (Phi) is 3.70. The van der Waals surface area contributed by atoms with Crippen LogP contribution in [0.4, 0.5) is 5.69 Å². The van der Waals surface area contributed by atoms with Gasteiger partial charge in [-0.05, 0) is 18.2 Å². The number of carbonyl (C=O) groups excluding carboxylic acids is 1. The van der Waals surface area contributed by atoms with E-state index in [2.05, 4.69) is 10.4 Å². The zero-order chi connectivity index (χ0) is 13.8. The lowest BCUT2D eigenvalue weighted by Gasteiger charge is -2.11. The van der Waals surface area contributed by atoms with Crippen LogP contribution in [0.15, 0.2) is 30.5 Å². The molecule has 6 nitrogen and oxygen atoms in total. The number of anilines is 1. The number of nitrogens with one attached hydrogen (secondary N) is 1. The summed E-state index contributed by atoms with van der Waals surface area (Å²) < 4.78 is 11.8. The van der Waals surface area contributed by atoms with Gasteiger partial charge in [0.05, 0.1) is 19.9 Å². The van der Waals surface area contributed by atoms with Crippen molar-refractivity contribution in [2.24, 2.45) is 7.05 Å². The van der Waals surface area contributed by atoms with Gasteiger partial charge in [-0.1, -0.05) is 0 Å². The number of carbonyl (C=O) groups is 1. The van der Waals surface area contributed by atoms with Gasteiger partial charge in [0.25, 0.3) is 5.91 Å². The summed E-state index contributed by atoms with van der Waals surface area (Å²) in [6.45, 7) is 0. The van der Waals surface area contributed by atoms with Gasteiger partial charge in [0.2, 0.25) is 0 Å². The van der Waals surface area contributed by atoms with Crippen LogP contribution in [0.2, 0.25) is 0 Å². The van der Waals surface area contributed by atoms with E-state index in [0.29, 0.717) is 22.9 Å². The van der Waals surface area contributed by atoms with E-state index >= 15 is 0 Å². The predicted octanol–water partition coefficient (Wildman–Crippen LogP) is 1.69. The first-order chi connectivity index (χ1) is 9.15. The van der Waals surface area contributed by atoms with Crippen LogP contribution in [0.25, 0.3) is 0 Å². The van der Waals surface area contributed by atoms with Crippen molar-refractivity contribution in [2.75, 3.05) is 19.5 Å². The normalized spacial score (nSPS) is 10.1. The van der Waals surface area contributed by atoms with Gasteiger partial charge in [-0.3, -0.25) is 9.48 Å². The van der Waals surface area contributed by atoms with Crippen molar-refractivity contribution in [3.8, 4) is 11.5 Å². The molecule has 1 aromatic carbocycles. The second-order valence-electron chi connectivity index (χ2n) is 3.86. The molecule has 1 amide bonds. The van der Waals surface area contributed by atoms with E-state index in [1.54, 1.807) is 51.7 Å². The van der Waals surface area contributed by atoms with Gasteiger partial charge in [0.15, 0.2) is 0 Å². The van der Waals surface area contributed by atoms with E-state index < -0.39 is 0 Å². The number of rotatable bonds is 4. The van der Waals surface area contributed by atoms with Crippen molar-refractivity contribution in [3.63, 3.8) is 0 Å². The predicted molar refractivity (Wildman–Crippen MR) is 70.7 cm³/mol. The number of ether oxygens (including phenoxy) is 2. The molecule has 0 unspecified atom stereocenters. The Hall–Kier alpha value is -2.50. The highest BCUT2D eigenvalue weighted by atomic mass is 16.5. The lowest BCUT2D eigenvalue weighted by atomic mass is 10.2. The van der Waals surface area contributed by atoms with Crippen LogP contribution >= 0.6 is 0 Å². The summed E-state index contributed by atoms with van der Waals surface area (Å²) in [5.41, 5.74) is 1.01. The van der Waals surface area contributed by atoms with E-state index in [1.165, 1.54) is 4.68 Å². The molecule has 0 radical (unpaired) electrons. The van der Waals surface area contributed by atoms with Crippen LogP contribution in [0, 0.1) is 0 Å². The molecule has 1 N–H and O–H groups in total. The van der Waals surface area contributed by atoms with Crippen molar-refractivity contribution in [1.82, 2.24) is 9.78 Å². The average Bonchev–Trinajstić information content (AvgIpc) is 2.85. The Labute approximate surface area is 110 Å². The molecular formula is C13H15N3O3. The maximum absolute atomic E-state index is 12.1. The van der Waals surface area contributed by atoms with Crippen molar-refractivity contribution in [3.05, 3.63) is 36.2 Å². The molecule has 0 aliphatic rings. The standard InChI is InChI=1S/C13H15N3O3/c1-16-11(6-7-14-16)13(17)15-10-8-9(18-2)4-5-12(10)19-3/h4-8H,1-3H3,(H,15,17). The molecule has 2 aromatic rings. The van der Waals surface area contributed by atoms with Crippen molar-refractivity contribution >= 4 is 11.6 Å². The van der Waals surface area contributed by atoms with Crippen LogP contribution in [-0.2, 0) is 7.05 Å². The maximum Gasteiger partial charge on any atom is 0.274 e. The number of aryl methyl sites for hydroxylation is 1. The molecule has 0 aliphatic carbocycles. The zero-order valence-corrected chi connectivity index (χ0v) is 11.0. The zero-order valence-electron chi connectivity index (χ0n) is 11.0. The fourth-order valence-corrected chi connectivity index (χ4v) is 1.69. The molecule has 0 fully saturated rings. The van der Waals surface area contributed by atoms with Crippen molar-refractivity contribution in [1.29, 1.82) is 0 Å². The van der Waals surface area contributed by atoms with Crippen LogP contribution < -0.4 is 14.8 Å². The Morgan fingerprint density at radius 3 is 2.63 bits per heavy atom. The first-order valence-electron chi connectivity index (χ1n) is 5.67. The smallest absolute Gasteiger partial charge is 0.274 e. The summed E-state index contributed by atoms with van der Waals surface area (Å²) in [5, 5.41) is 6.73. The third kappa shape index (κ3) is 2.67. The van der Waals surface area contributed by atoms with Gasteiger partial charge in [-0.15, -0.1) is 0 Å². The molecule has 19 heavy (non-hydrogen) atoms. The lowest BCUT2D eigenvalue weighted by Crippen LogP contribution is -2.16. The quantitative estimate of drug-likeness (QED) is 0.909. The highest BCUT2D eigenvalue weighted by molar-refractivity contribution is 6.03. The minimum atomic E-state index is -0.258. The van der Waals surface area contributed by atoms with E-state index in [1.807, 2.05) is 0 Å². The molecule has 0 bridgehead atoms. The monoisotopic (exact) mass is 261 g/mol. The highest BCUT2D eigenvalue weighted by Gasteiger charge is 2.13. The van der Waals surface area contributed by atoms with Gasteiger partial charge < -0.3 is 14.8 Å². The third-order valence-electron chi connectivity index (χ3n) is 2.71. The molecule has 0 atom stereocenters. The summed E-state index contributed by atoms with van der Waals surface area (Å²) in [5.74, 6) is 0.948. The average molecular weight is 261 g/mol. The molecule has 0 aliphatic heterocycles. The van der Waals surface area contributed by atoms with Crippen LogP contribution in [-0.4, -0.2) is 29.9 Å². The summed E-state index contributed by atoms with van der Waals surface area (Å²) >= 11 is 0. The fourth-order valence-electron chi connectivity index (χ4n) is 1.69. The minimum absolute atomic E-state index is 0.258. The SMILES string of the molecule is COc1ccc(OC)c(NC(=O)c2ccnn2C)c1. The highest BCUT2D eigenvalue weighted by Crippen LogP contribution is 2.29. The van der Waals surface area contributed by atoms with Gasteiger partial charge >= 0.3 is 0 Å². The van der Waals surface area contributed by atoms with E-state index in [0.717, 1.165) is 0 Å². The first-order valence-corrected chi connectivity index (χ1v) is 5.67. The molecule has 1 heterocycles. The first kappa shape index (κ1) is 12.9. The number of hydrogen-bond acceptors (Lipinski definition) is 4. The minimum Gasteiger partial charge on any atom is -0.497 e. The summed E-state index contributed by atoms with van der Waals surface area (Å²) in [6.07, 6.45) is 1.57. The van der Waals surface area contributed by atoms with Gasteiger partial charge in [-0.2, -0.15) is 5.10 Å². The molecule has 0 saturated carbocycles. The second-order valence-corrected chi connectivity index (χ2v) is 3.86. The summed E-state index contributed by atoms with van der Waals surface area (Å²) in [7, 11) is 4.81. The number of methoxy groups -OCH3 is 2. The lowest BCUT2D eigenvalue weighted by molar-refractivity contribution is 0.101. The molecule has 0 saturated heterocycles. The van der Waals surface area contributed by atoms with Crippen molar-refractivity contribution in [2.45, 2.75) is 0 Å². The van der Waals surface area contributed by atoms with E-state index in [9.17, 15) is 4.79 Å². The van der Waals surface area contributed by atoms with Crippen molar-refractivity contribution < 1.29 is 14.3 Å². The fraction of sp³-hybridized carbons (Fsp3) is 0.231. The number of aromatic nitrogens is 2. The molecule has 6 heteroatoms. The molecular weight excluding hydrogens is 246 g/mol. The molecule has 0 spiro atoms. The van der Waals surface area contributed by atoms with Crippen LogP contribution in [0.1, 0.15) is 10.5 Å². The summed E-state index contributed by atoms with van der Waals surface area (Å²) in [6, 6.07) is 6.84. The Morgan fingerprint density at radius 1 is 1.26 bits per heavy atom. The van der Waals surface area contributed by atoms with Crippen LogP contribution in [0.5, 0.6) is 11.5 Å². The Morgan fingerprint density at radius 2 is 2.05 bits per heavy atom. The van der Waals surface area contributed by atoms with Crippen LogP contribution in [0.3, 0.4) is 0 Å². The van der Waals surface area contributed by atoms with Gasteiger partial charge in [0, 0.05) is 19.3 Å². The maximum atomic E-state index is 12.1. The Bertz CT molecular complexity index is 593. The summed E-state index contributed by atoms with van der Waals surface area (Å²) in [4.78, 5) is 12.1. The third-order valence-corrected chi connectivity index (χ3v) is 2.71. The topological polar surface area (TPSA) is 65.4 Å². The largest absolute Gasteiger partial charge is 0.497 e. The van der Waals surface area contributed by atoms with E-state index in [-0.39, 0.29) is 5.91 Å². The molecule has 1 aromatic heterocycles.